The van der Waals surface area contributed by atoms with Gasteiger partial charge in [-0.2, -0.15) is 0 Å². The SMILES string of the molecule is O=C(/C=C/c1ccccc1)OCC(=O)N1c2ccccc2NC(=O)C12CCCC2. The average Bonchev–Trinajstić information content (AvgIpc) is 3.22. The third-order valence-electron chi connectivity index (χ3n) is 5.47. The number of para-hydroxylation sites is 2. The number of benzene rings is 2. The van der Waals surface area contributed by atoms with Crippen LogP contribution in [-0.4, -0.2) is 29.9 Å². The van der Waals surface area contributed by atoms with Crippen LogP contribution in [0.2, 0.25) is 0 Å². The molecule has 148 valence electrons. The summed E-state index contributed by atoms with van der Waals surface area (Å²) in [5, 5.41) is 2.93. The molecule has 0 radical (unpaired) electrons. The van der Waals surface area contributed by atoms with Gasteiger partial charge in [0.1, 0.15) is 5.54 Å². The number of fused-ring (bicyclic) bond motifs is 1. The summed E-state index contributed by atoms with van der Waals surface area (Å²) >= 11 is 0. The topological polar surface area (TPSA) is 75.7 Å². The number of hydrogen-bond donors (Lipinski definition) is 1. The average molecular weight is 390 g/mol. The van der Waals surface area contributed by atoms with Crippen LogP contribution < -0.4 is 10.2 Å². The molecule has 1 saturated carbocycles. The molecule has 2 aliphatic rings. The maximum absolute atomic E-state index is 13.1. The van der Waals surface area contributed by atoms with Crippen molar-refractivity contribution in [1.82, 2.24) is 0 Å². The summed E-state index contributed by atoms with van der Waals surface area (Å²) in [5.41, 5.74) is 1.20. The summed E-state index contributed by atoms with van der Waals surface area (Å²) in [5.74, 6) is -1.16. The van der Waals surface area contributed by atoms with Crippen molar-refractivity contribution in [3.63, 3.8) is 0 Å². The van der Waals surface area contributed by atoms with Gasteiger partial charge < -0.3 is 10.1 Å². The van der Waals surface area contributed by atoms with E-state index in [-0.39, 0.29) is 5.91 Å². The van der Waals surface area contributed by atoms with E-state index in [2.05, 4.69) is 5.32 Å². The van der Waals surface area contributed by atoms with E-state index in [1.807, 2.05) is 48.5 Å². The Kier molecular flexibility index (Phi) is 5.16. The number of nitrogens with zero attached hydrogens (tertiary/aromatic N) is 1. The molecular formula is C23H22N2O4. The number of carbonyl (C=O) groups is 3. The second-order valence-electron chi connectivity index (χ2n) is 7.29. The van der Waals surface area contributed by atoms with Crippen LogP contribution in [-0.2, 0) is 19.1 Å². The quantitative estimate of drug-likeness (QED) is 0.640. The van der Waals surface area contributed by atoms with Gasteiger partial charge in [-0.25, -0.2) is 4.79 Å². The zero-order valence-corrected chi connectivity index (χ0v) is 16.0. The molecule has 2 aromatic rings. The Balaban J connectivity index is 1.51. The number of nitrogens with one attached hydrogen (secondary N) is 1. The van der Waals surface area contributed by atoms with Gasteiger partial charge in [-0.15, -0.1) is 0 Å². The number of rotatable bonds is 4. The second-order valence-corrected chi connectivity index (χ2v) is 7.29. The number of amides is 2. The molecule has 0 saturated heterocycles. The Bertz CT molecular complexity index is 962. The molecule has 0 atom stereocenters. The minimum absolute atomic E-state index is 0.169. The fourth-order valence-corrected chi connectivity index (χ4v) is 4.10. The van der Waals surface area contributed by atoms with Crippen LogP contribution in [0, 0.1) is 0 Å². The molecule has 1 N–H and O–H groups in total. The monoisotopic (exact) mass is 390 g/mol. The van der Waals surface area contributed by atoms with Crippen LogP contribution >= 0.6 is 0 Å². The molecule has 4 rings (SSSR count). The largest absolute Gasteiger partial charge is 0.452 e. The van der Waals surface area contributed by atoms with E-state index in [9.17, 15) is 14.4 Å². The standard InChI is InChI=1S/C23H22N2O4/c26-20(16-29-21(27)13-12-17-8-2-1-3-9-17)25-19-11-5-4-10-18(19)24-22(28)23(25)14-6-7-15-23/h1-5,8-13H,6-7,14-16H2,(H,24,28)/b13-12+. The minimum atomic E-state index is -0.905. The van der Waals surface area contributed by atoms with E-state index in [0.29, 0.717) is 24.2 Å². The van der Waals surface area contributed by atoms with Crippen LogP contribution in [0.15, 0.2) is 60.7 Å². The van der Waals surface area contributed by atoms with E-state index < -0.39 is 24.0 Å². The van der Waals surface area contributed by atoms with Gasteiger partial charge >= 0.3 is 5.97 Å². The van der Waals surface area contributed by atoms with Crippen molar-refractivity contribution in [2.24, 2.45) is 0 Å². The third kappa shape index (κ3) is 3.66. The van der Waals surface area contributed by atoms with Crippen molar-refractivity contribution < 1.29 is 19.1 Å². The van der Waals surface area contributed by atoms with Gasteiger partial charge in [0.25, 0.3) is 11.8 Å². The fraction of sp³-hybridized carbons (Fsp3) is 0.261. The highest BCUT2D eigenvalue weighted by molar-refractivity contribution is 6.15. The van der Waals surface area contributed by atoms with Crippen molar-refractivity contribution in [3.8, 4) is 0 Å². The molecule has 1 aliphatic heterocycles. The van der Waals surface area contributed by atoms with E-state index in [1.54, 1.807) is 17.0 Å². The first-order chi connectivity index (χ1) is 14.1. The first kappa shape index (κ1) is 18.9. The Hall–Kier alpha value is -3.41. The molecule has 1 fully saturated rings. The van der Waals surface area contributed by atoms with Crippen LogP contribution in [0.25, 0.3) is 6.08 Å². The number of hydrogen-bond acceptors (Lipinski definition) is 4. The summed E-state index contributed by atoms with van der Waals surface area (Å²) in [4.78, 5) is 39.6. The van der Waals surface area contributed by atoms with Gasteiger partial charge in [0, 0.05) is 6.08 Å². The molecule has 1 aliphatic carbocycles. The van der Waals surface area contributed by atoms with E-state index >= 15 is 0 Å². The molecule has 0 aromatic heterocycles. The molecule has 0 unspecified atom stereocenters. The first-order valence-corrected chi connectivity index (χ1v) is 9.74. The smallest absolute Gasteiger partial charge is 0.331 e. The lowest BCUT2D eigenvalue weighted by molar-refractivity contribution is -0.143. The van der Waals surface area contributed by atoms with E-state index in [0.717, 1.165) is 18.4 Å². The molecule has 2 aromatic carbocycles. The van der Waals surface area contributed by atoms with Crippen LogP contribution in [0.4, 0.5) is 11.4 Å². The summed E-state index contributed by atoms with van der Waals surface area (Å²) < 4.78 is 5.18. The van der Waals surface area contributed by atoms with Gasteiger partial charge in [-0.1, -0.05) is 55.3 Å². The number of anilines is 2. The zero-order valence-electron chi connectivity index (χ0n) is 16.0. The highest BCUT2D eigenvalue weighted by Crippen LogP contribution is 2.45. The van der Waals surface area contributed by atoms with Crippen molar-refractivity contribution >= 4 is 35.2 Å². The first-order valence-electron chi connectivity index (χ1n) is 9.74. The molecule has 6 nitrogen and oxygen atoms in total. The van der Waals surface area contributed by atoms with Crippen molar-refractivity contribution in [2.45, 2.75) is 31.2 Å². The normalized spacial score (nSPS) is 17.2. The summed E-state index contributed by atoms with van der Waals surface area (Å²) in [6, 6.07) is 16.6. The predicted molar refractivity (Wildman–Crippen MR) is 110 cm³/mol. The fourth-order valence-electron chi connectivity index (χ4n) is 4.10. The summed E-state index contributed by atoms with van der Waals surface area (Å²) in [6.07, 6.45) is 5.87. The maximum atomic E-state index is 13.1. The predicted octanol–water partition coefficient (Wildman–Crippen LogP) is 3.54. The summed E-state index contributed by atoms with van der Waals surface area (Å²) in [7, 11) is 0. The Morgan fingerprint density at radius 1 is 1.03 bits per heavy atom. The van der Waals surface area contributed by atoms with Crippen LogP contribution in [0.3, 0.4) is 0 Å². The lowest BCUT2D eigenvalue weighted by Gasteiger charge is -2.44. The van der Waals surface area contributed by atoms with Crippen LogP contribution in [0.1, 0.15) is 31.2 Å². The van der Waals surface area contributed by atoms with Gasteiger partial charge in [-0.3, -0.25) is 14.5 Å². The Morgan fingerprint density at radius 2 is 1.72 bits per heavy atom. The second kappa shape index (κ2) is 7.91. The Labute approximate surface area is 169 Å². The highest BCUT2D eigenvalue weighted by atomic mass is 16.5. The number of esters is 1. The number of ether oxygens (including phenoxy) is 1. The third-order valence-corrected chi connectivity index (χ3v) is 5.47. The molecule has 6 heteroatoms. The van der Waals surface area contributed by atoms with Gasteiger partial charge in [0.05, 0.1) is 11.4 Å². The highest BCUT2D eigenvalue weighted by Gasteiger charge is 2.52. The van der Waals surface area contributed by atoms with Crippen molar-refractivity contribution in [2.75, 3.05) is 16.8 Å². The van der Waals surface area contributed by atoms with E-state index in [1.165, 1.54) is 6.08 Å². The summed E-state index contributed by atoms with van der Waals surface area (Å²) in [6.45, 7) is -0.415. The van der Waals surface area contributed by atoms with Gasteiger partial charge in [-0.05, 0) is 36.6 Å². The van der Waals surface area contributed by atoms with Gasteiger partial charge in [0.2, 0.25) is 0 Å². The minimum Gasteiger partial charge on any atom is -0.452 e. The molecule has 1 spiro atoms. The molecule has 1 heterocycles. The molecule has 29 heavy (non-hydrogen) atoms. The lowest BCUT2D eigenvalue weighted by Crippen LogP contribution is -2.61. The molecule has 0 bridgehead atoms. The number of carbonyl (C=O) groups excluding carboxylic acids is 3. The maximum Gasteiger partial charge on any atom is 0.331 e. The molecular weight excluding hydrogens is 368 g/mol. The Morgan fingerprint density at radius 3 is 2.48 bits per heavy atom. The van der Waals surface area contributed by atoms with E-state index in [4.69, 9.17) is 4.74 Å². The zero-order chi connectivity index (χ0) is 20.3. The van der Waals surface area contributed by atoms with Crippen molar-refractivity contribution in [1.29, 1.82) is 0 Å². The van der Waals surface area contributed by atoms with Crippen molar-refractivity contribution in [3.05, 3.63) is 66.2 Å². The molecule has 2 amide bonds. The van der Waals surface area contributed by atoms with Crippen LogP contribution in [0.5, 0.6) is 0 Å². The lowest BCUT2D eigenvalue weighted by atomic mass is 9.90. The van der Waals surface area contributed by atoms with Gasteiger partial charge in [0.15, 0.2) is 6.61 Å².